The third-order valence-electron chi connectivity index (χ3n) is 3.68. The number of ether oxygens (including phenoxy) is 1. The molecule has 0 bridgehead atoms. The van der Waals surface area contributed by atoms with Crippen molar-refractivity contribution in [3.8, 4) is 5.75 Å². The van der Waals surface area contributed by atoms with Gasteiger partial charge in [-0.3, -0.25) is 9.63 Å². The molecule has 0 aliphatic carbocycles. The van der Waals surface area contributed by atoms with Crippen LogP contribution in [0, 0.1) is 5.82 Å². The van der Waals surface area contributed by atoms with Gasteiger partial charge in [-0.1, -0.05) is 42.5 Å². The molecule has 1 N–H and O–H groups in total. The summed E-state index contributed by atoms with van der Waals surface area (Å²) in [6, 6.07) is 19.5. The number of hydroxylamine groups is 1. The lowest BCUT2D eigenvalue weighted by Crippen LogP contribution is -2.27. The first-order chi connectivity index (χ1) is 12.2. The molecule has 0 atom stereocenters. The van der Waals surface area contributed by atoms with Gasteiger partial charge in [0.05, 0.1) is 6.42 Å². The second-order valence-corrected chi connectivity index (χ2v) is 5.49. The second kappa shape index (κ2) is 8.26. The van der Waals surface area contributed by atoms with Crippen LogP contribution in [-0.2, 0) is 16.1 Å². The van der Waals surface area contributed by atoms with Gasteiger partial charge in [-0.15, -0.1) is 0 Å². The maximum Gasteiger partial charge on any atom is 0.247 e. The third-order valence-corrected chi connectivity index (χ3v) is 3.68. The van der Waals surface area contributed by atoms with Crippen LogP contribution in [0.4, 0.5) is 4.39 Å². The molecule has 0 aliphatic rings. The Kier molecular flexibility index (Phi) is 5.59. The van der Waals surface area contributed by atoms with Crippen molar-refractivity contribution in [1.82, 2.24) is 5.48 Å². The minimum Gasteiger partial charge on any atom is -0.491 e. The molecule has 0 aromatic heterocycles. The summed E-state index contributed by atoms with van der Waals surface area (Å²) < 4.78 is 18.1. The molecule has 5 heteroatoms. The van der Waals surface area contributed by atoms with E-state index in [9.17, 15) is 9.18 Å². The molecule has 25 heavy (non-hydrogen) atoms. The first-order valence-electron chi connectivity index (χ1n) is 7.98. The van der Waals surface area contributed by atoms with Crippen LogP contribution in [0.1, 0.15) is 5.56 Å². The molecule has 0 spiro atoms. The van der Waals surface area contributed by atoms with Crippen LogP contribution in [0.5, 0.6) is 5.75 Å². The highest BCUT2D eigenvalue weighted by atomic mass is 19.1. The quantitative estimate of drug-likeness (QED) is 0.528. The van der Waals surface area contributed by atoms with Crippen LogP contribution in [0.2, 0.25) is 0 Å². The standard InChI is InChI=1S/C20H18FNO3/c21-17-8-10-18(11-9-17)24-12-13-25-22-20(23)14-16-6-3-5-15-4-1-2-7-19(15)16/h1-11H,12-14H2,(H,22,23). The molecule has 0 aliphatic heterocycles. The summed E-state index contributed by atoms with van der Waals surface area (Å²) in [6.07, 6.45) is 0.236. The van der Waals surface area contributed by atoms with Gasteiger partial charge in [0.1, 0.15) is 24.8 Å². The Hall–Kier alpha value is -2.92. The summed E-state index contributed by atoms with van der Waals surface area (Å²) in [5.41, 5.74) is 3.36. The molecule has 0 heterocycles. The Bertz CT molecular complexity index is 844. The summed E-state index contributed by atoms with van der Waals surface area (Å²) in [7, 11) is 0. The fraction of sp³-hybridized carbons (Fsp3) is 0.150. The largest absolute Gasteiger partial charge is 0.491 e. The molecule has 3 aromatic rings. The maximum atomic E-state index is 12.8. The molecule has 4 nitrogen and oxygen atoms in total. The van der Waals surface area contributed by atoms with Crippen LogP contribution < -0.4 is 10.2 Å². The van der Waals surface area contributed by atoms with Gasteiger partial charge in [0.15, 0.2) is 0 Å². The van der Waals surface area contributed by atoms with Crippen molar-refractivity contribution in [3.63, 3.8) is 0 Å². The third kappa shape index (κ3) is 4.78. The Balaban J connectivity index is 1.43. The molecule has 0 saturated carbocycles. The lowest BCUT2D eigenvalue weighted by Gasteiger charge is -2.09. The van der Waals surface area contributed by atoms with Crippen molar-refractivity contribution in [2.45, 2.75) is 6.42 Å². The van der Waals surface area contributed by atoms with E-state index >= 15 is 0 Å². The topological polar surface area (TPSA) is 47.6 Å². The number of benzene rings is 3. The van der Waals surface area contributed by atoms with Crippen molar-refractivity contribution < 1.29 is 18.8 Å². The highest BCUT2D eigenvalue weighted by Gasteiger charge is 2.06. The van der Waals surface area contributed by atoms with Gasteiger partial charge in [0.2, 0.25) is 5.91 Å². The van der Waals surface area contributed by atoms with E-state index < -0.39 is 0 Å². The summed E-state index contributed by atoms with van der Waals surface area (Å²) in [5.74, 6) is 0.00881. The predicted molar refractivity (Wildman–Crippen MR) is 93.6 cm³/mol. The number of hydrogen-bond donors (Lipinski definition) is 1. The molecule has 0 radical (unpaired) electrons. The summed E-state index contributed by atoms with van der Waals surface area (Å²) in [5, 5.41) is 2.15. The Morgan fingerprint density at radius 2 is 1.68 bits per heavy atom. The van der Waals surface area contributed by atoms with E-state index in [1.165, 1.54) is 24.3 Å². The van der Waals surface area contributed by atoms with Crippen molar-refractivity contribution in [2.24, 2.45) is 0 Å². The van der Waals surface area contributed by atoms with Gasteiger partial charge in [0, 0.05) is 0 Å². The van der Waals surface area contributed by atoms with E-state index in [-0.39, 0.29) is 31.4 Å². The molecule has 128 valence electrons. The highest BCUT2D eigenvalue weighted by Crippen LogP contribution is 2.18. The molecule has 0 saturated heterocycles. The number of carbonyl (C=O) groups excluding carboxylic acids is 1. The predicted octanol–water partition coefficient (Wildman–Crippen LogP) is 3.65. The fourth-order valence-corrected chi connectivity index (χ4v) is 2.52. The minimum atomic E-state index is -0.315. The molecule has 0 fully saturated rings. The number of carbonyl (C=O) groups is 1. The zero-order chi connectivity index (χ0) is 17.5. The van der Waals surface area contributed by atoms with Crippen LogP contribution in [0.15, 0.2) is 66.7 Å². The van der Waals surface area contributed by atoms with Gasteiger partial charge in [-0.05, 0) is 40.6 Å². The van der Waals surface area contributed by atoms with Crippen LogP contribution in [-0.4, -0.2) is 19.1 Å². The van der Waals surface area contributed by atoms with Gasteiger partial charge in [-0.25, -0.2) is 9.87 Å². The number of amides is 1. The Labute approximate surface area is 145 Å². The molecule has 1 amide bonds. The highest BCUT2D eigenvalue weighted by molar-refractivity contribution is 5.89. The molecular formula is C20H18FNO3. The number of fused-ring (bicyclic) bond motifs is 1. The first-order valence-corrected chi connectivity index (χ1v) is 7.98. The summed E-state index contributed by atoms with van der Waals surface area (Å²) >= 11 is 0. The van der Waals surface area contributed by atoms with Crippen LogP contribution in [0.3, 0.4) is 0 Å². The van der Waals surface area contributed by atoms with Crippen LogP contribution in [0.25, 0.3) is 10.8 Å². The first kappa shape index (κ1) is 16.9. The SMILES string of the molecule is O=C(Cc1cccc2ccccc12)NOCCOc1ccc(F)cc1. The van der Waals surface area contributed by atoms with Crippen molar-refractivity contribution >= 4 is 16.7 Å². The van der Waals surface area contributed by atoms with Gasteiger partial charge in [0.25, 0.3) is 0 Å². The number of hydrogen-bond acceptors (Lipinski definition) is 3. The van der Waals surface area contributed by atoms with E-state index in [0.29, 0.717) is 5.75 Å². The fourth-order valence-electron chi connectivity index (χ4n) is 2.52. The number of rotatable bonds is 7. The van der Waals surface area contributed by atoms with Crippen LogP contribution >= 0.6 is 0 Å². The molecule has 3 aromatic carbocycles. The average molecular weight is 339 g/mol. The molecule has 0 unspecified atom stereocenters. The van der Waals surface area contributed by atoms with E-state index in [4.69, 9.17) is 9.57 Å². The van der Waals surface area contributed by atoms with Gasteiger partial charge in [-0.2, -0.15) is 0 Å². The van der Waals surface area contributed by atoms with E-state index in [0.717, 1.165) is 16.3 Å². The minimum absolute atomic E-state index is 0.193. The van der Waals surface area contributed by atoms with Gasteiger partial charge < -0.3 is 4.74 Å². The number of halogens is 1. The lowest BCUT2D eigenvalue weighted by molar-refractivity contribution is -0.133. The zero-order valence-corrected chi connectivity index (χ0v) is 13.6. The zero-order valence-electron chi connectivity index (χ0n) is 13.6. The lowest BCUT2D eigenvalue weighted by atomic mass is 10.0. The molecular weight excluding hydrogens is 321 g/mol. The van der Waals surface area contributed by atoms with E-state index in [2.05, 4.69) is 5.48 Å². The number of nitrogens with one attached hydrogen (secondary N) is 1. The molecule has 3 rings (SSSR count). The van der Waals surface area contributed by atoms with E-state index in [1.54, 1.807) is 0 Å². The van der Waals surface area contributed by atoms with E-state index in [1.807, 2.05) is 42.5 Å². The van der Waals surface area contributed by atoms with Crippen molar-refractivity contribution in [3.05, 3.63) is 78.1 Å². The van der Waals surface area contributed by atoms with Crippen molar-refractivity contribution in [1.29, 1.82) is 0 Å². The summed E-state index contributed by atoms with van der Waals surface area (Å²) in [4.78, 5) is 17.1. The Morgan fingerprint density at radius 3 is 2.52 bits per heavy atom. The second-order valence-electron chi connectivity index (χ2n) is 5.49. The normalized spacial score (nSPS) is 10.6. The maximum absolute atomic E-state index is 12.8. The van der Waals surface area contributed by atoms with Crippen molar-refractivity contribution in [2.75, 3.05) is 13.2 Å². The smallest absolute Gasteiger partial charge is 0.247 e. The van der Waals surface area contributed by atoms with Gasteiger partial charge >= 0.3 is 0 Å². The Morgan fingerprint density at radius 1 is 0.920 bits per heavy atom. The average Bonchev–Trinajstić information content (AvgIpc) is 2.63. The summed E-state index contributed by atoms with van der Waals surface area (Å²) in [6.45, 7) is 0.443. The monoisotopic (exact) mass is 339 g/mol.